The molecule has 4 aromatic carbocycles. The van der Waals surface area contributed by atoms with Gasteiger partial charge >= 0.3 is 0 Å². The molecule has 0 saturated heterocycles. The Hall–Kier alpha value is -3.72. The smallest absolute Gasteiger partial charge is 0.294 e. The van der Waals surface area contributed by atoms with Crippen molar-refractivity contribution in [1.82, 2.24) is 4.98 Å². The first kappa shape index (κ1) is 21.8. The van der Waals surface area contributed by atoms with Crippen LogP contribution in [0.3, 0.4) is 0 Å². The average Bonchev–Trinajstić information content (AvgIpc) is 2.81. The summed E-state index contributed by atoms with van der Waals surface area (Å²) in [7, 11) is 2.13. The maximum Gasteiger partial charge on any atom is 0.294 e. The fraction of sp³-hybridized carbons (Fsp3) is 0.250. The Bertz CT molecular complexity index is 1640. The van der Waals surface area contributed by atoms with Crippen molar-refractivity contribution in [1.29, 1.82) is 0 Å². The Balaban J connectivity index is 1.68. The van der Waals surface area contributed by atoms with E-state index < -0.39 is 0 Å². The van der Waals surface area contributed by atoms with Gasteiger partial charge in [-0.25, -0.2) is 4.98 Å². The van der Waals surface area contributed by atoms with Crippen molar-refractivity contribution in [2.75, 3.05) is 0 Å². The molecule has 1 aromatic heterocycles. The van der Waals surface area contributed by atoms with E-state index in [0.29, 0.717) is 5.88 Å². The second-order valence-electron chi connectivity index (χ2n) is 11.1. The fourth-order valence-electron chi connectivity index (χ4n) is 5.53. The molecule has 2 heterocycles. The molecule has 174 valence electrons. The molecular weight excluding hydrogens is 428 g/mol. The van der Waals surface area contributed by atoms with E-state index in [2.05, 4.69) is 107 Å². The number of benzene rings is 4. The number of rotatable bonds is 2. The van der Waals surface area contributed by atoms with Gasteiger partial charge in [-0.3, -0.25) is 0 Å². The molecule has 35 heavy (non-hydrogen) atoms. The van der Waals surface area contributed by atoms with Crippen LogP contribution in [0, 0.1) is 19.3 Å². The van der Waals surface area contributed by atoms with Crippen LogP contribution in [0.5, 0.6) is 11.6 Å². The molecule has 3 nitrogen and oxygen atoms in total. The first-order valence-corrected chi connectivity index (χ1v) is 12.3. The predicted octanol–water partition coefficient (Wildman–Crippen LogP) is 7.86. The summed E-state index contributed by atoms with van der Waals surface area (Å²) in [5.41, 5.74) is 10.7. The largest absolute Gasteiger partial charge is 0.433 e. The molecule has 3 heteroatoms. The lowest BCUT2D eigenvalue weighted by atomic mass is 9.85. The molecule has 0 spiro atoms. The lowest BCUT2D eigenvalue weighted by molar-refractivity contribution is -0.634. The summed E-state index contributed by atoms with van der Waals surface area (Å²) in [6, 6.07) is 23.8. The van der Waals surface area contributed by atoms with Crippen LogP contribution >= 0.6 is 0 Å². The van der Waals surface area contributed by atoms with Crippen LogP contribution in [0.2, 0.25) is 0 Å². The third-order valence-corrected chi connectivity index (χ3v) is 7.17. The second kappa shape index (κ2) is 7.64. The van der Waals surface area contributed by atoms with E-state index in [1.807, 2.05) is 6.07 Å². The van der Waals surface area contributed by atoms with Crippen molar-refractivity contribution in [3.63, 3.8) is 0 Å². The molecule has 0 bridgehead atoms. The molecule has 0 unspecified atom stereocenters. The molecule has 0 N–H and O–H groups in total. The summed E-state index contributed by atoms with van der Waals surface area (Å²) >= 11 is 0. The minimum absolute atomic E-state index is 0.195. The molecule has 0 saturated carbocycles. The van der Waals surface area contributed by atoms with Crippen LogP contribution in [0.4, 0.5) is 0 Å². The Morgan fingerprint density at radius 1 is 0.914 bits per heavy atom. The number of ether oxygens (including phenoxy) is 1. The van der Waals surface area contributed by atoms with Gasteiger partial charge in [-0.05, 0) is 59.4 Å². The van der Waals surface area contributed by atoms with E-state index in [1.165, 1.54) is 33.0 Å². The fourth-order valence-corrected chi connectivity index (χ4v) is 5.53. The topological polar surface area (TPSA) is 26.0 Å². The van der Waals surface area contributed by atoms with Crippen molar-refractivity contribution < 1.29 is 9.30 Å². The number of nitrogens with zero attached hydrogens (tertiary/aromatic N) is 2. The zero-order chi connectivity index (χ0) is 24.5. The summed E-state index contributed by atoms with van der Waals surface area (Å²) in [4.78, 5) is 5.17. The molecule has 0 aliphatic carbocycles. The highest BCUT2D eigenvalue weighted by Crippen LogP contribution is 2.48. The molecule has 0 fully saturated rings. The Morgan fingerprint density at radius 3 is 2.43 bits per heavy atom. The van der Waals surface area contributed by atoms with Crippen LogP contribution in [0.1, 0.15) is 37.5 Å². The monoisotopic (exact) mass is 459 g/mol. The van der Waals surface area contributed by atoms with Gasteiger partial charge < -0.3 is 4.74 Å². The van der Waals surface area contributed by atoms with E-state index in [-0.39, 0.29) is 5.41 Å². The van der Waals surface area contributed by atoms with E-state index in [1.54, 1.807) is 0 Å². The van der Waals surface area contributed by atoms with Gasteiger partial charge in [0, 0.05) is 17.0 Å². The quantitative estimate of drug-likeness (QED) is 0.246. The van der Waals surface area contributed by atoms with Gasteiger partial charge in [0.1, 0.15) is 18.3 Å². The molecule has 5 aromatic rings. The zero-order valence-electron chi connectivity index (χ0n) is 21.4. The van der Waals surface area contributed by atoms with Crippen LogP contribution < -0.4 is 9.30 Å². The van der Waals surface area contributed by atoms with Crippen molar-refractivity contribution in [3.05, 3.63) is 83.4 Å². The van der Waals surface area contributed by atoms with Gasteiger partial charge in [0.2, 0.25) is 5.52 Å². The lowest BCUT2D eigenvalue weighted by Gasteiger charge is -2.24. The van der Waals surface area contributed by atoms with Crippen molar-refractivity contribution in [2.24, 2.45) is 12.5 Å². The predicted molar refractivity (Wildman–Crippen MR) is 144 cm³/mol. The van der Waals surface area contributed by atoms with E-state index in [9.17, 15) is 0 Å². The van der Waals surface area contributed by atoms with Crippen LogP contribution in [0.25, 0.3) is 44.2 Å². The zero-order valence-corrected chi connectivity index (χ0v) is 21.4. The highest BCUT2D eigenvalue weighted by Gasteiger charge is 2.33. The highest BCUT2D eigenvalue weighted by atomic mass is 16.5. The van der Waals surface area contributed by atoms with Crippen LogP contribution in [0.15, 0.2) is 66.7 Å². The Morgan fingerprint density at radius 2 is 1.69 bits per heavy atom. The van der Waals surface area contributed by atoms with Gasteiger partial charge in [-0.15, -0.1) is 0 Å². The molecule has 6 rings (SSSR count). The van der Waals surface area contributed by atoms with Gasteiger partial charge in [0.15, 0.2) is 0 Å². The Labute approximate surface area is 207 Å². The van der Waals surface area contributed by atoms with Crippen molar-refractivity contribution in [2.45, 2.75) is 41.0 Å². The third kappa shape index (κ3) is 3.49. The van der Waals surface area contributed by atoms with Crippen molar-refractivity contribution >= 4 is 21.8 Å². The molecule has 0 radical (unpaired) electrons. The number of aromatic nitrogens is 2. The Kier molecular flexibility index (Phi) is 4.76. The van der Waals surface area contributed by atoms with E-state index in [4.69, 9.17) is 9.72 Å². The number of para-hydroxylation sites is 1. The summed E-state index contributed by atoms with van der Waals surface area (Å²) in [5, 5.41) is 2.43. The number of hydrogen-bond acceptors (Lipinski definition) is 2. The number of hydrogen-bond donors (Lipinski definition) is 0. The van der Waals surface area contributed by atoms with E-state index in [0.717, 1.165) is 40.0 Å². The first-order chi connectivity index (χ1) is 16.7. The molecular formula is C32H31N2O+. The number of aryl methyl sites for hydroxylation is 2. The summed E-state index contributed by atoms with van der Waals surface area (Å²) in [6.07, 6.45) is 0.992. The molecule has 0 atom stereocenters. The van der Waals surface area contributed by atoms with E-state index >= 15 is 0 Å². The standard InChI is InChI=1S/C32H31N2O/c1-19-15-23-16-21(18-32(3,4)5)17-26-28(23)27(20(19)2)30-31(35-26)33-29-24(22-11-8-7-9-12-22)13-10-14-25(29)34(30)6/h7-17H,18H2,1-6H3/q+1. The van der Waals surface area contributed by atoms with Crippen LogP contribution in [-0.4, -0.2) is 4.98 Å². The van der Waals surface area contributed by atoms with Gasteiger partial charge in [-0.2, -0.15) is 4.57 Å². The lowest BCUT2D eigenvalue weighted by Crippen LogP contribution is -2.34. The maximum absolute atomic E-state index is 6.65. The highest BCUT2D eigenvalue weighted by molar-refractivity contribution is 6.05. The average molecular weight is 460 g/mol. The molecule has 1 aliphatic rings. The van der Waals surface area contributed by atoms with Crippen LogP contribution in [-0.2, 0) is 13.5 Å². The second-order valence-corrected chi connectivity index (χ2v) is 11.1. The van der Waals surface area contributed by atoms with Gasteiger partial charge in [0.25, 0.3) is 11.6 Å². The summed E-state index contributed by atoms with van der Waals surface area (Å²) in [6.45, 7) is 11.3. The third-order valence-electron chi connectivity index (χ3n) is 7.17. The molecule has 0 amide bonds. The van der Waals surface area contributed by atoms with Gasteiger partial charge in [-0.1, -0.05) is 75.4 Å². The summed E-state index contributed by atoms with van der Waals surface area (Å²) in [5.74, 6) is 1.59. The van der Waals surface area contributed by atoms with Gasteiger partial charge in [0.05, 0.1) is 5.56 Å². The first-order valence-electron chi connectivity index (χ1n) is 12.3. The minimum Gasteiger partial charge on any atom is -0.433 e. The molecule has 1 aliphatic heterocycles. The van der Waals surface area contributed by atoms with Crippen molar-refractivity contribution in [3.8, 4) is 34.0 Å². The maximum atomic E-state index is 6.65. The minimum atomic E-state index is 0.195. The SMILES string of the molecule is Cc1cc2cc(CC(C)(C)C)cc3c2c(c1C)-c1c(nc2c(-c4ccccc4)cccc2[n+]1C)O3. The normalized spacial score (nSPS) is 12.6. The summed E-state index contributed by atoms with van der Waals surface area (Å²) < 4.78 is 8.91. The number of fused-ring (bicyclic) bond motifs is 3.